The molecular formula is C30H21F2N5O2. The number of carbonyl (C=O) groups excluding carboxylic acids is 1. The predicted octanol–water partition coefficient (Wildman–Crippen LogP) is 6.42. The SMILES string of the molecule is N#Cc1cccc(-c2cccnc2C(Cc2cc(F)cc(F)c2)NC(=O)Cc2c[nH]c3ccc(N=O)cc23)c1. The molecule has 0 aliphatic carbocycles. The number of nitroso groups, excluding NO2 is 1. The Kier molecular flexibility index (Phi) is 7.19. The summed E-state index contributed by atoms with van der Waals surface area (Å²) < 4.78 is 28.1. The summed E-state index contributed by atoms with van der Waals surface area (Å²) in [5.74, 6) is -1.81. The number of pyridine rings is 1. The maximum Gasteiger partial charge on any atom is 0.225 e. The highest BCUT2D eigenvalue weighted by Crippen LogP contribution is 2.30. The normalized spacial score (nSPS) is 11.6. The van der Waals surface area contributed by atoms with E-state index in [1.165, 1.54) is 12.1 Å². The summed E-state index contributed by atoms with van der Waals surface area (Å²) in [5, 5.41) is 16.0. The van der Waals surface area contributed by atoms with Gasteiger partial charge in [-0.1, -0.05) is 18.2 Å². The highest BCUT2D eigenvalue weighted by Gasteiger charge is 2.22. The summed E-state index contributed by atoms with van der Waals surface area (Å²) in [7, 11) is 0. The second-order valence-electron chi connectivity index (χ2n) is 9.04. The van der Waals surface area contributed by atoms with E-state index in [9.17, 15) is 23.7 Å². The number of nitriles is 1. The van der Waals surface area contributed by atoms with Crippen LogP contribution in [0.4, 0.5) is 14.5 Å². The van der Waals surface area contributed by atoms with Crippen LogP contribution in [-0.2, 0) is 17.6 Å². The molecule has 0 saturated carbocycles. The summed E-state index contributed by atoms with van der Waals surface area (Å²) >= 11 is 0. The summed E-state index contributed by atoms with van der Waals surface area (Å²) in [4.78, 5) is 32.0. The lowest BCUT2D eigenvalue weighted by molar-refractivity contribution is -0.121. The first-order chi connectivity index (χ1) is 18.9. The number of rotatable bonds is 8. The Balaban J connectivity index is 1.51. The van der Waals surface area contributed by atoms with E-state index < -0.39 is 17.7 Å². The van der Waals surface area contributed by atoms with E-state index in [1.807, 2.05) is 12.1 Å². The largest absolute Gasteiger partial charge is 0.361 e. The number of halogens is 2. The number of H-pyrrole nitrogens is 1. The lowest BCUT2D eigenvalue weighted by Gasteiger charge is -2.22. The molecule has 0 fully saturated rings. The molecule has 1 unspecified atom stereocenters. The number of nitrogens with zero attached hydrogens (tertiary/aromatic N) is 3. The minimum atomic E-state index is -0.752. The highest BCUT2D eigenvalue weighted by atomic mass is 19.1. The minimum Gasteiger partial charge on any atom is -0.361 e. The third kappa shape index (κ3) is 5.70. The van der Waals surface area contributed by atoms with Gasteiger partial charge in [0.1, 0.15) is 17.3 Å². The van der Waals surface area contributed by atoms with Gasteiger partial charge in [0.25, 0.3) is 0 Å². The van der Waals surface area contributed by atoms with Crippen LogP contribution in [0.1, 0.15) is 28.4 Å². The Morgan fingerprint density at radius 3 is 2.64 bits per heavy atom. The van der Waals surface area contributed by atoms with Gasteiger partial charge in [0.15, 0.2) is 0 Å². The Morgan fingerprint density at radius 2 is 1.87 bits per heavy atom. The molecule has 7 nitrogen and oxygen atoms in total. The molecule has 0 aliphatic heterocycles. The van der Waals surface area contributed by atoms with Gasteiger partial charge in [-0.2, -0.15) is 5.26 Å². The maximum absolute atomic E-state index is 14.0. The van der Waals surface area contributed by atoms with Crippen LogP contribution >= 0.6 is 0 Å². The molecule has 1 amide bonds. The van der Waals surface area contributed by atoms with Crippen molar-refractivity contribution in [2.75, 3.05) is 0 Å². The molecule has 5 aromatic rings. The molecule has 2 aromatic heterocycles. The van der Waals surface area contributed by atoms with Crippen molar-refractivity contribution < 1.29 is 13.6 Å². The molecule has 39 heavy (non-hydrogen) atoms. The Hall–Kier alpha value is -5.23. The topological polar surface area (TPSA) is 111 Å². The third-order valence-corrected chi connectivity index (χ3v) is 6.38. The van der Waals surface area contributed by atoms with E-state index in [0.29, 0.717) is 38.9 Å². The average Bonchev–Trinajstić information content (AvgIpc) is 3.33. The fourth-order valence-corrected chi connectivity index (χ4v) is 4.66. The Bertz CT molecular complexity index is 1720. The van der Waals surface area contributed by atoms with E-state index in [0.717, 1.165) is 11.6 Å². The van der Waals surface area contributed by atoms with Crippen molar-refractivity contribution in [3.63, 3.8) is 0 Å². The lowest BCUT2D eigenvalue weighted by atomic mass is 9.94. The first-order valence-corrected chi connectivity index (χ1v) is 12.1. The minimum absolute atomic E-state index is 0.0254. The number of benzene rings is 3. The smallest absolute Gasteiger partial charge is 0.225 e. The van der Waals surface area contributed by atoms with Gasteiger partial charge < -0.3 is 10.3 Å². The first-order valence-electron chi connectivity index (χ1n) is 12.1. The van der Waals surface area contributed by atoms with E-state index in [4.69, 9.17) is 0 Å². The second-order valence-corrected chi connectivity index (χ2v) is 9.04. The zero-order valence-corrected chi connectivity index (χ0v) is 20.5. The number of amides is 1. The van der Waals surface area contributed by atoms with Crippen molar-refractivity contribution in [3.8, 4) is 17.2 Å². The molecule has 0 aliphatic rings. The maximum atomic E-state index is 14.0. The quantitative estimate of drug-likeness (QED) is 0.230. The van der Waals surface area contributed by atoms with Crippen LogP contribution in [0.5, 0.6) is 0 Å². The molecule has 1 atom stereocenters. The van der Waals surface area contributed by atoms with Crippen LogP contribution in [0, 0.1) is 27.9 Å². The summed E-state index contributed by atoms with van der Waals surface area (Å²) in [5.41, 5.74) is 4.32. The van der Waals surface area contributed by atoms with Crippen LogP contribution in [0.15, 0.2) is 90.4 Å². The van der Waals surface area contributed by atoms with Crippen LogP contribution in [0.3, 0.4) is 0 Å². The molecule has 5 rings (SSSR count). The lowest BCUT2D eigenvalue weighted by Crippen LogP contribution is -2.32. The number of fused-ring (bicyclic) bond motifs is 1. The van der Waals surface area contributed by atoms with Crippen LogP contribution in [0.2, 0.25) is 0 Å². The van der Waals surface area contributed by atoms with Gasteiger partial charge in [0, 0.05) is 34.9 Å². The van der Waals surface area contributed by atoms with E-state index in [1.54, 1.807) is 54.9 Å². The number of hydrogen-bond donors (Lipinski definition) is 2. The van der Waals surface area contributed by atoms with Gasteiger partial charge in [-0.3, -0.25) is 9.78 Å². The molecule has 192 valence electrons. The van der Waals surface area contributed by atoms with Gasteiger partial charge in [0.2, 0.25) is 5.91 Å². The van der Waals surface area contributed by atoms with Crippen molar-refractivity contribution >= 4 is 22.5 Å². The third-order valence-electron chi connectivity index (χ3n) is 6.38. The summed E-state index contributed by atoms with van der Waals surface area (Å²) in [6.07, 6.45) is 3.30. The first kappa shape index (κ1) is 25.4. The number of carbonyl (C=O) groups is 1. The second kappa shape index (κ2) is 11.0. The molecule has 3 aromatic carbocycles. The summed E-state index contributed by atoms with van der Waals surface area (Å²) in [6.45, 7) is 0. The summed E-state index contributed by atoms with van der Waals surface area (Å²) in [6, 6.07) is 20.0. The van der Waals surface area contributed by atoms with Gasteiger partial charge in [-0.05, 0) is 76.8 Å². The fourth-order valence-electron chi connectivity index (χ4n) is 4.66. The Morgan fingerprint density at radius 1 is 1.05 bits per heavy atom. The number of aromatic amines is 1. The van der Waals surface area contributed by atoms with Gasteiger partial charge in [-0.25, -0.2) is 8.78 Å². The molecule has 2 N–H and O–H groups in total. The van der Waals surface area contributed by atoms with E-state index in [-0.39, 0.29) is 24.4 Å². The number of nitrogens with one attached hydrogen (secondary N) is 2. The van der Waals surface area contributed by atoms with Crippen molar-refractivity contribution in [3.05, 3.63) is 124 Å². The molecule has 0 bridgehead atoms. The molecule has 9 heteroatoms. The van der Waals surface area contributed by atoms with Crippen LogP contribution < -0.4 is 5.32 Å². The average molecular weight is 522 g/mol. The van der Waals surface area contributed by atoms with Gasteiger partial charge >= 0.3 is 0 Å². The molecule has 0 saturated heterocycles. The van der Waals surface area contributed by atoms with E-state index in [2.05, 4.69) is 26.5 Å². The molecule has 0 radical (unpaired) electrons. The van der Waals surface area contributed by atoms with Crippen LogP contribution in [-0.4, -0.2) is 15.9 Å². The fraction of sp³-hybridized carbons (Fsp3) is 0.100. The van der Waals surface area contributed by atoms with Crippen molar-refractivity contribution in [1.82, 2.24) is 15.3 Å². The predicted molar refractivity (Wildman–Crippen MR) is 143 cm³/mol. The van der Waals surface area contributed by atoms with Crippen LogP contribution in [0.25, 0.3) is 22.0 Å². The highest BCUT2D eigenvalue weighted by molar-refractivity contribution is 5.90. The van der Waals surface area contributed by atoms with Crippen molar-refractivity contribution in [1.29, 1.82) is 5.26 Å². The molecule has 2 heterocycles. The zero-order valence-electron chi connectivity index (χ0n) is 20.5. The van der Waals surface area contributed by atoms with Crippen molar-refractivity contribution in [2.45, 2.75) is 18.9 Å². The number of aromatic nitrogens is 2. The molecule has 0 spiro atoms. The van der Waals surface area contributed by atoms with Gasteiger partial charge in [-0.15, -0.1) is 4.91 Å². The number of hydrogen-bond acceptors (Lipinski definition) is 5. The van der Waals surface area contributed by atoms with Crippen molar-refractivity contribution in [2.24, 2.45) is 5.18 Å². The monoisotopic (exact) mass is 521 g/mol. The Labute approximate surface area is 222 Å². The zero-order chi connectivity index (χ0) is 27.4. The standard InChI is InChI=1S/C30H21F2N5O2/c31-22-10-19(11-23(32)14-22)12-28(30-25(5-2-8-34-30)20-4-1-3-18(9-20)16-33)36-29(38)13-21-17-35-27-7-6-24(37-39)15-26(21)27/h1-11,14-15,17,28,35H,12-13H2,(H,36,38). The molecular weight excluding hydrogens is 500 g/mol. The van der Waals surface area contributed by atoms with E-state index >= 15 is 0 Å². The van der Waals surface area contributed by atoms with Gasteiger partial charge in [0.05, 0.1) is 29.8 Å².